The molecule has 1 aromatic rings. The highest BCUT2D eigenvalue weighted by Gasteiger charge is 2.07. The van der Waals surface area contributed by atoms with Crippen LogP contribution in [0.2, 0.25) is 5.02 Å². The van der Waals surface area contributed by atoms with E-state index in [0.717, 1.165) is 5.56 Å². The van der Waals surface area contributed by atoms with Gasteiger partial charge in [0.25, 0.3) is 0 Å². The van der Waals surface area contributed by atoms with Crippen LogP contribution in [0.4, 0.5) is 0 Å². The Hall–Kier alpha value is -0.730. The Kier molecular flexibility index (Phi) is 2.95. The summed E-state index contributed by atoms with van der Waals surface area (Å²) in [5, 5.41) is 9.09. The number of hydrogen-bond donors (Lipinski definition) is 1. The molecule has 66 valence electrons. The Morgan fingerprint density at radius 2 is 2.08 bits per heavy atom. The molecule has 0 unspecified atom stereocenters. The summed E-state index contributed by atoms with van der Waals surface area (Å²) in [6, 6.07) is 5.22. The molecule has 0 heterocycles. The van der Waals surface area contributed by atoms with Gasteiger partial charge in [-0.3, -0.25) is 0 Å². The average Bonchev–Trinajstić information content (AvgIpc) is 2.03. The van der Waals surface area contributed by atoms with Gasteiger partial charge in [-0.05, 0) is 12.0 Å². The van der Waals surface area contributed by atoms with E-state index in [1.807, 2.05) is 19.9 Å². The first-order valence-corrected chi connectivity index (χ1v) is 4.14. The standard InChI is InChI=1S/C9H11ClO2/c1-6(2)8-4-3-7(10)5-9(8)12-11/h3-6,11H,1-2H3. The maximum atomic E-state index is 8.53. The van der Waals surface area contributed by atoms with Gasteiger partial charge in [-0.15, -0.1) is 0 Å². The zero-order valence-electron chi connectivity index (χ0n) is 7.04. The second kappa shape index (κ2) is 3.78. The number of rotatable bonds is 2. The normalized spacial score (nSPS) is 10.4. The van der Waals surface area contributed by atoms with Crippen LogP contribution in [0.3, 0.4) is 0 Å². The third-order valence-corrected chi connectivity index (χ3v) is 1.93. The molecule has 0 aliphatic carbocycles. The summed E-state index contributed by atoms with van der Waals surface area (Å²) >= 11 is 5.71. The minimum absolute atomic E-state index is 0.310. The lowest BCUT2D eigenvalue weighted by Crippen LogP contribution is -1.93. The lowest BCUT2D eigenvalue weighted by atomic mass is 10.0. The molecule has 1 aromatic carbocycles. The number of hydrogen-bond acceptors (Lipinski definition) is 2. The molecule has 0 aliphatic heterocycles. The molecule has 0 aliphatic rings. The number of benzene rings is 1. The quantitative estimate of drug-likeness (QED) is 0.567. The van der Waals surface area contributed by atoms with Crippen LogP contribution in [0.1, 0.15) is 25.3 Å². The molecule has 0 saturated carbocycles. The molecule has 3 heteroatoms. The average molecular weight is 187 g/mol. The van der Waals surface area contributed by atoms with Crippen molar-refractivity contribution in [3.05, 3.63) is 28.8 Å². The van der Waals surface area contributed by atoms with E-state index < -0.39 is 0 Å². The van der Waals surface area contributed by atoms with Gasteiger partial charge in [0.1, 0.15) is 0 Å². The Morgan fingerprint density at radius 3 is 2.58 bits per heavy atom. The van der Waals surface area contributed by atoms with Crippen molar-refractivity contribution in [1.29, 1.82) is 0 Å². The van der Waals surface area contributed by atoms with Gasteiger partial charge in [-0.25, -0.2) is 5.26 Å². The monoisotopic (exact) mass is 186 g/mol. The van der Waals surface area contributed by atoms with Crippen molar-refractivity contribution in [2.45, 2.75) is 19.8 Å². The summed E-state index contributed by atoms with van der Waals surface area (Å²) in [5.74, 6) is 0.738. The SMILES string of the molecule is CC(C)c1ccc(Cl)cc1OO. The van der Waals surface area contributed by atoms with E-state index in [0.29, 0.717) is 16.7 Å². The van der Waals surface area contributed by atoms with E-state index in [1.54, 1.807) is 12.1 Å². The van der Waals surface area contributed by atoms with Gasteiger partial charge < -0.3 is 4.89 Å². The fraction of sp³-hybridized carbons (Fsp3) is 0.333. The fourth-order valence-electron chi connectivity index (χ4n) is 1.06. The van der Waals surface area contributed by atoms with E-state index in [9.17, 15) is 0 Å². The van der Waals surface area contributed by atoms with E-state index in [-0.39, 0.29) is 0 Å². The Bertz CT molecular complexity index is 271. The van der Waals surface area contributed by atoms with Crippen molar-refractivity contribution in [3.8, 4) is 5.75 Å². The molecule has 0 spiro atoms. The van der Waals surface area contributed by atoms with Crippen molar-refractivity contribution < 1.29 is 10.1 Å². The molecule has 0 amide bonds. The van der Waals surface area contributed by atoms with Crippen molar-refractivity contribution in [1.82, 2.24) is 0 Å². The highest BCUT2D eigenvalue weighted by molar-refractivity contribution is 6.30. The molecule has 1 rings (SSSR count). The smallest absolute Gasteiger partial charge is 0.170 e. The molecule has 0 atom stereocenters. The molecular formula is C9H11ClO2. The molecular weight excluding hydrogens is 176 g/mol. The molecule has 1 N–H and O–H groups in total. The van der Waals surface area contributed by atoms with Crippen molar-refractivity contribution in [2.75, 3.05) is 0 Å². The van der Waals surface area contributed by atoms with Gasteiger partial charge in [0.2, 0.25) is 0 Å². The summed E-state index contributed by atoms with van der Waals surface area (Å²) in [5.41, 5.74) is 0.946. The van der Waals surface area contributed by atoms with Crippen molar-refractivity contribution in [3.63, 3.8) is 0 Å². The summed E-state index contributed by atoms with van der Waals surface area (Å²) in [7, 11) is 0. The second-order valence-electron chi connectivity index (χ2n) is 2.93. The van der Waals surface area contributed by atoms with Gasteiger partial charge in [0, 0.05) is 16.7 Å². The number of halogens is 1. The lowest BCUT2D eigenvalue weighted by molar-refractivity contribution is -0.138. The maximum absolute atomic E-state index is 8.53. The summed E-state index contributed by atoms with van der Waals surface area (Å²) in [6.45, 7) is 4.04. The zero-order valence-corrected chi connectivity index (χ0v) is 7.80. The minimum atomic E-state index is 0.310. The molecule has 2 nitrogen and oxygen atoms in total. The van der Waals surface area contributed by atoms with Crippen LogP contribution in [0.15, 0.2) is 18.2 Å². The van der Waals surface area contributed by atoms with Gasteiger partial charge in [-0.2, -0.15) is 0 Å². The zero-order chi connectivity index (χ0) is 9.14. The van der Waals surface area contributed by atoms with Crippen LogP contribution in [0, 0.1) is 0 Å². The second-order valence-corrected chi connectivity index (χ2v) is 3.36. The highest BCUT2D eigenvalue weighted by atomic mass is 35.5. The minimum Gasteiger partial charge on any atom is -0.340 e. The topological polar surface area (TPSA) is 29.5 Å². The third kappa shape index (κ3) is 1.90. The van der Waals surface area contributed by atoms with Gasteiger partial charge >= 0.3 is 0 Å². The van der Waals surface area contributed by atoms with E-state index in [1.165, 1.54) is 0 Å². The van der Waals surface area contributed by atoms with Crippen molar-refractivity contribution >= 4 is 11.6 Å². The molecule has 12 heavy (non-hydrogen) atoms. The van der Waals surface area contributed by atoms with Gasteiger partial charge in [0.15, 0.2) is 5.75 Å². The Balaban J connectivity index is 3.11. The predicted octanol–water partition coefficient (Wildman–Crippen LogP) is 3.32. The van der Waals surface area contributed by atoms with Gasteiger partial charge in [-0.1, -0.05) is 31.5 Å². The van der Waals surface area contributed by atoms with Crippen LogP contribution >= 0.6 is 11.6 Å². The first-order chi connectivity index (χ1) is 5.65. The van der Waals surface area contributed by atoms with Crippen LogP contribution in [-0.2, 0) is 0 Å². The van der Waals surface area contributed by atoms with Crippen LogP contribution in [-0.4, -0.2) is 5.26 Å². The van der Waals surface area contributed by atoms with Crippen LogP contribution in [0.25, 0.3) is 0 Å². The fourth-order valence-corrected chi connectivity index (χ4v) is 1.23. The largest absolute Gasteiger partial charge is 0.340 e. The van der Waals surface area contributed by atoms with E-state index >= 15 is 0 Å². The molecule has 0 radical (unpaired) electrons. The van der Waals surface area contributed by atoms with Gasteiger partial charge in [0.05, 0.1) is 0 Å². The predicted molar refractivity (Wildman–Crippen MR) is 48.8 cm³/mol. The first-order valence-electron chi connectivity index (χ1n) is 3.76. The summed E-state index contributed by atoms with van der Waals surface area (Å²) < 4.78 is 0. The highest BCUT2D eigenvalue weighted by Crippen LogP contribution is 2.28. The third-order valence-electron chi connectivity index (χ3n) is 1.70. The van der Waals surface area contributed by atoms with E-state index in [4.69, 9.17) is 16.9 Å². The Labute approximate surface area is 76.7 Å². The first kappa shape index (κ1) is 9.36. The maximum Gasteiger partial charge on any atom is 0.170 e. The summed E-state index contributed by atoms with van der Waals surface area (Å²) in [4.78, 5) is 4.20. The molecule has 0 saturated heterocycles. The summed E-state index contributed by atoms with van der Waals surface area (Å²) in [6.07, 6.45) is 0. The molecule has 0 bridgehead atoms. The van der Waals surface area contributed by atoms with Crippen molar-refractivity contribution in [2.24, 2.45) is 0 Å². The van der Waals surface area contributed by atoms with Crippen LogP contribution in [0.5, 0.6) is 5.75 Å². The Morgan fingerprint density at radius 1 is 1.42 bits per heavy atom. The molecule has 0 aromatic heterocycles. The molecule has 0 fully saturated rings. The van der Waals surface area contributed by atoms with Crippen LogP contribution < -0.4 is 4.89 Å². The lowest BCUT2D eigenvalue weighted by Gasteiger charge is -2.09. The van der Waals surface area contributed by atoms with E-state index in [2.05, 4.69) is 4.89 Å².